The number of rotatable bonds is 5. The van der Waals surface area contributed by atoms with E-state index in [0.29, 0.717) is 12.3 Å². The number of carbonyl (C=O) groups is 1. The maximum atomic E-state index is 11.8. The topological polar surface area (TPSA) is 70.1 Å². The van der Waals surface area contributed by atoms with Crippen LogP contribution < -0.4 is 5.73 Å². The van der Waals surface area contributed by atoms with Gasteiger partial charge in [0.15, 0.2) is 0 Å². The van der Waals surface area contributed by atoms with Crippen molar-refractivity contribution in [3.63, 3.8) is 0 Å². The second-order valence-electron chi connectivity index (χ2n) is 4.53. The number of ether oxygens (including phenoxy) is 1. The Hall–Kier alpha value is -2.04. The van der Waals surface area contributed by atoms with E-state index in [0.717, 1.165) is 29.7 Å². The second-order valence-corrected chi connectivity index (χ2v) is 4.53. The van der Waals surface area contributed by atoms with Gasteiger partial charge in [-0.15, -0.1) is 0 Å². The molecule has 0 saturated heterocycles. The lowest BCUT2D eigenvalue weighted by Gasteiger charge is -2.07. The van der Waals surface area contributed by atoms with Crippen molar-refractivity contribution in [2.75, 3.05) is 12.3 Å². The summed E-state index contributed by atoms with van der Waals surface area (Å²) < 4.78 is 7.00. The third-order valence-corrected chi connectivity index (χ3v) is 3.05. The SMILES string of the molecule is CCCCOC(=O)Cn1c(C)nc2c(N)cccc21. The molecule has 1 aromatic carbocycles. The fourth-order valence-corrected chi connectivity index (χ4v) is 1.99. The van der Waals surface area contributed by atoms with Crippen molar-refractivity contribution in [3.05, 3.63) is 24.0 Å². The summed E-state index contributed by atoms with van der Waals surface area (Å²) in [4.78, 5) is 16.2. The molecule has 2 aromatic rings. The van der Waals surface area contributed by atoms with Crippen molar-refractivity contribution >= 4 is 22.7 Å². The van der Waals surface area contributed by atoms with Gasteiger partial charge in [0.2, 0.25) is 0 Å². The van der Waals surface area contributed by atoms with Crippen LogP contribution >= 0.6 is 0 Å². The quantitative estimate of drug-likeness (QED) is 0.509. The van der Waals surface area contributed by atoms with Gasteiger partial charge in [0.25, 0.3) is 0 Å². The smallest absolute Gasteiger partial charge is 0.326 e. The van der Waals surface area contributed by atoms with Gasteiger partial charge in [-0.3, -0.25) is 4.79 Å². The first-order chi connectivity index (χ1) is 9.13. The van der Waals surface area contributed by atoms with E-state index in [9.17, 15) is 4.79 Å². The first-order valence-electron chi connectivity index (χ1n) is 6.50. The number of anilines is 1. The molecule has 0 aliphatic rings. The lowest BCUT2D eigenvalue weighted by atomic mass is 10.3. The van der Waals surface area contributed by atoms with Crippen LogP contribution in [0, 0.1) is 6.92 Å². The Morgan fingerprint density at radius 3 is 3.00 bits per heavy atom. The van der Waals surface area contributed by atoms with Crippen LogP contribution in [-0.4, -0.2) is 22.1 Å². The van der Waals surface area contributed by atoms with E-state index >= 15 is 0 Å². The number of benzene rings is 1. The van der Waals surface area contributed by atoms with E-state index in [1.165, 1.54) is 0 Å². The predicted molar refractivity (Wildman–Crippen MR) is 74.7 cm³/mol. The molecule has 1 heterocycles. The Morgan fingerprint density at radius 1 is 1.47 bits per heavy atom. The standard InChI is InChI=1S/C14H19N3O2/c1-3-4-8-19-13(18)9-17-10(2)16-14-11(15)6-5-7-12(14)17/h5-7H,3-4,8-9,15H2,1-2H3. The number of nitrogens with two attached hydrogens (primary N) is 1. The van der Waals surface area contributed by atoms with Crippen LogP contribution in [0.25, 0.3) is 11.0 Å². The minimum absolute atomic E-state index is 0.176. The van der Waals surface area contributed by atoms with Gasteiger partial charge in [-0.05, 0) is 25.5 Å². The Morgan fingerprint density at radius 2 is 2.26 bits per heavy atom. The van der Waals surface area contributed by atoms with Crippen LogP contribution in [0.5, 0.6) is 0 Å². The highest BCUT2D eigenvalue weighted by molar-refractivity contribution is 5.88. The first-order valence-corrected chi connectivity index (χ1v) is 6.50. The summed E-state index contributed by atoms with van der Waals surface area (Å²) >= 11 is 0. The molecular formula is C14H19N3O2. The zero-order valence-electron chi connectivity index (χ0n) is 11.3. The number of nitrogen functional groups attached to an aromatic ring is 1. The highest BCUT2D eigenvalue weighted by atomic mass is 16.5. The largest absolute Gasteiger partial charge is 0.464 e. The zero-order valence-corrected chi connectivity index (χ0v) is 11.3. The molecular weight excluding hydrogens is 242 g/mol. The lowest BCUT2D eigenvalue weighted by molar-refractivity contribution is -0.144. The molecule has 0 amide bonds. The summed E-state index contributed by atoms with van der Waals surface area (Å²) in [6, 6.07) is 5.57. The molecule has 0 unspecified atom stereocenters. The van der Waals surface area contributed by atoms with Crippen LogP contribution in [-0.2, 0) is 16.1 Å². The highest BCUT2D eigenvalue weighted by Gasteiger charge is 2.13. The summed E-state index contributed by atoms with van der Waals surface area (Å²) in [7, 11) is 0. The number of hydrogen-bond donors (Lipinski definition) is 1. The van der Waals surface area contributed by atoms with Crippen LogP contribution in [0.4, 0.5) is 5.69 Å². The van der Waals surface area contributed by atoms with Gasteiger partial charge in [0.1, 0.15) is 17.9 Å². The van der Waals surface area contributed by atoms with Crippen molar-refractivity contribution in [2.24, 2.45) is 0 Å². The van der Waals surface area contributed by atoms with Gasteiger partial charge in [0.05, 0.1) is 17.8 Å². The van der Waals surface area contributed by atoms with E-state index in [1.54, 1.807) is 6.07 Å². The summed E-state index contributed by atoms with van der Waals surface area (Å²) in [6.07, 6.45) is 1.90. The molecule has 0 atom stereocenters. The molecule has 19 heavy (non-hydrogen) atoms. The highest BCUT2D eigenvalue weighted by Crippen LogP contribution is 2.21. The molecule has 102 valence electrons. The second kappa shape index (κ2) is 5.73. The lowest BCUT2D eigenvalue weighted by Crippen LogP contribution is -2.15. The predicted octanol–water partition coefficient (Wildman–Crippen LogP) is 2.27. The fourth-order valence-electron chi connectivity index (χ4n) is 1.99. The molecule has 2 N–H and O–H groups in total. The van der Waals surface area contributed by atoms with Gasteiger partial charge >= 0.3 is 5.97 Å². The Labute approximate surface area is 112 Å². The Bertz CT molecular complexity index is 590. The molecule has 0 aliphatic carbocycles. The number of fused-ring (bicyclic) bond motifs is 1. The molecule has 5 heteroatoms. The van der Waals surface area contributed by atoms with Crippen LogP contribution in [0.3, 0.4) is 0 Å². The molecule has 0 fully saturated rings. The molecule has 0 saturated carbocycles. The summed E-state index contributed by atoms with van der Waals surface area (Å²) in [5, 5.41) is 0. The number of unbranched alkanes of at least 4 members (excludes halogenated alkanes) is 1. The molecule has 0 aliphatic heterocycles. The summed E-state index contributed by atoms with van der Waals surface area (Å²) in [6.45, 7) is 4.57. The molecule has 5 nitrogen and oxygen atoms in total. The Kier molecular flexibility index (Phi) is 4.04. The van der Waals surface area contributed by atoms with Gasteiger partial charge < -0.3 is 15.0 Å². The zero-order chi connectivity index (χ0) is 13.8. The molecule has 0 bridgehead atoms. The monoisotopic (exact) mass is 261 g/mol. The first kappa shape index (κ1) is 13.4. The van der Waals surface area contributed by atoms with Gasteiger partial charge in [-0.2, -0.15) is 0 Å². The van der Waals surface area contributed by atoms with Gasteiger partial charge in [-0.25, -0.2) is 4.98 Å². The van der Waals surface area contributed by atoms with Gasteiger partial charge in [0, 0.05) is 0 Å². The van der Waals surface area contributed by atoms with E-state index in [-0.39, 0.29) is 12.5 Å². The van der Waals surface area contributed by atoms with E-state index < -0.39 is 0 Å². The minimum atomic E-state index is -0.238. The summed E-state index contributed by atoms with van der Waals surface area (Å²) in [5.74, 6) is 0.526. The van der Waals surface area contributed by atoms with Crippen molar-refractivity contribution in [1.82, 2.24) is 9.55 Å². The van der Waals surface area contributed by atoms with E-state index in [1.807, 2.05) is 23.6 Å². The number of nitrogens with zero attached hydrogens (tertiary/aromatic N) is 2. The van der Waals surface area contributed by atoms with E-state index in [2.05, 4.69) is 11.9 Å². The number of aromatic nitrogens is 2. The normalized spacial score (nSPS) is 10.8. The van der Waals surface area contributed by atoms with Crippen LogP contribution in [0.15, 0.2) is 18.2 Å². The number of carbonyl (C=O) groups excluding carboxylic acids is 1. The fraction of sp³-hybridized carbons (Fsp3) is 0.429. The molecule has 0 spiro atoms. The molecule has 0 radical (unpaired) electrons. The average molecular weight is 261 g/mol. The minimum Gasteiger partial charge on any atom is -0.464 e. The molecule has 1 aromatic heterocycles. The van der Waals surface area contributed by atoms with E-state index in [4.69, 9.17) is 10.5 Å². The number of aryl methyl sites for hydroxylation is 1. The van der Waals surface area contributed by atoms with Crippen molar-refractivity contribution in [3.8, 4) is 0 Å². The number of esters is 1. The Balaban J connectivity index is 2.18. The van der Waals surface area contributed by atoms with Crippen molar-refractivity contribution in [1.29, 1.82) is 0 Å². The number of para-hydroxylation sites is 1. The van der Waals surface area contributed by atoms with Crippen molar-refractivity contribution in [2.45, 2.75) is 33.2 Å². The third kappa shape index (κ3) is 2.86. The summed E-state index contributed by atoms with van der Waals surface area (Å²) in [5.41, 5.74) is 8.10. The average Bonchev–Trinajstić information content (AvgIpc) is 2.69. The van der Waals surface area contributed by atoms with Gasteiger partial charge in [-0.1, -0.05) is 19.4 Å². The third-order valence-electron chi connectivity index (χ3n) is 3.05. The number of hydrogen-bond acceptors (Lipinski definition) is 4. The van der Waals surface area contributed by atoms with Crippen molar-refractivity contribution < 1.29 is 9.53 Å². The maximum Gasteiger partial charge on any atom is 0.326 e. The van der Waals surface area contributed by atoms with Crippen LogP contribution in [0.2, 0.25) is 0 Å². The van der Waals surface area contributed by atoms with Crippen LogP contribution in [0.1, 0.15) is 25.6 Å². The molecule has 2 rings (SSSR count). The maximum absolute atomic E-state index is 11.8. The number of imidazole rings is 1.